The first kappa shape index (κ1) is 21.5. The number of halogens is 1. The van der Waals surface area contributed by atoms with Gasteiger partial charge in [0, 0.05) is 27.8 Å². The summed E-state index contributed by atoms with van der Waals surface area (Å²) in [6.45, 7) is 0.375. The van der Waals surface area contributed by atoms with Gasteiger partial charge in [-0.3, -0.25) is 14.8 Å². The Hall–Kier alpha value is -3.68. The maximum absolute atomic E-state index is 12.6. The predicted molar refractivity (Wildman–Crippen MR) is 126 cm³/mol. The zero-order valence-electron chi connectivity index (χ0n) is 17.0. The van der Waals surface area contributed by atoms with Crippen LogP contribution in [-0.2, 0) is 6.54 Å². The molecule has 4 rings (SSSR count). The molecule has 6 nitrogen and oxygen atoms in total. The molecule has 32 heavy (non-hydrogen) atoms. The van der Waals surface area contributed by atoms with Gasteiger partial charge in [-0.1, -0.05) is 70.5 Å². The smallest absolute Gasteiger partial charge is 0.274 e. The first-order valence-corrected chi connectivity index (χ1v) is 10.7. The summed E-state index contributed by atoms with van der Waals surface area (Å²) in [6.07, 6.45) is 0. The van der Waals surface area contributed by atoms with Crippen molar-refractivity contribution >= 4 is 27.7 Å². The molecule has 3 aromatic carbocycles. The summed E-state index contributed by atoms with van der Waals surface area (Å²) < 4.78 is 2.84. The lowest BCUT2D eigenvalue weighted by atomic mass is 10.0. The third-order valence-electron chi connectivity index (χ3n) is 5.21. The summed E-state index contributed by atoms with van der Waals surface area (Å²) in [7, 11) is 0. The molecule has 0 fully saturated rings. The second kappa shape index (κ2) is 9.21. The molecular weight excluding hydrogens is 470 g/mol. The number of carbonyl (C=O) groups is 2. The van der Waals surface area contributed by atoms with Crippen LogP contribution in [0.4, 0.5) is 0 Å². The van der Waals surface area contributed by atoms with Gasteiger partial charge in [0.1, 0.15) is 5.69 Å². The minimum Gasteiger partial charge on any atom is -0.364 e. The highest BCUT2D eigenvalue weighted by atomic mass is 79.9. The second-order valence-corrected chi connectivity index (χ2v) is 8.17. The van der Waals surface area contributed by atoms with Gasteiger partial charge < -0.3 is 10.3 Å². The fourth-order valence-electron chi connectivity index (χ4n) is 3.69. The lowest BCUT2D eigenvalue weighted by Gasteiger charge is -2.13. The summed E-state index contributed by atoms with van der Waals surface area (Å²) in [5.41, 5.74) is 12.5. The Morgan fingerprint density at radius 1 is 0.906 bits per heavy atom. The van der Waals surface area contributed by atoms with E-state index in [4.69, 9.17) is 10.9 Å². The molecule has 0 radical (unpaired) electrons. The summed E-state index contributed by atoms with van der Waals surface area (Å²) >= 11 is 3.45. The molecular formula is C25H20BrN3O3. The SMILES string of the molecule is NC(=O)c1c(-c2ccc(Br)cc2)cc(-c2ccccc2)n1Cc1ccc(C(=O)NO)cc1. The number of hydrogen-bond donors (Lipinski definition) is 3. The number of benzene rings is 3. The topological polar surface area (TPSA) is 97.4 Å². The lowest BCUT2D eigenvalue weighted by molar-refractivity contribution is 0.0706. The van der Waals surface area contributed by atoms with Gasteiger partial charge >= 0.3 is 0 Å². The number of nitrogens with two attached hydrogens (primary N) is 1. The number of nitrogens with one attached hydrogen (secondary N) is 1. The lowest BCUT2D eigenvalue weighted by Crippen LogP contribution is -2.19. The Labute approximate surface area is 193 Å². The maximum atomic E-state index is 12.6. The summed E-state index contributed by atoms with van der Waals surface area (Å²) in [4.78, 5) is 24.2. The van der Waals surface area contributed by atoms with Crippen LogP contribution in [0.1, 0.15) is 26.4 Å². The summed E-state index contributed by atoms with van der Waals surface area (Å²) in [6, 6.07) is 26.3. The van der Waals surface area contributed by atoms with Crippen molar-refractivity contribution in [2.24, 2.45) is 5.73 Å². The van der Waals surface area contributed by atoms with Gasteiger partial charge in [-0.15, -0.1) is 0 Å². The third kappa shape index (κ3) is 4.34. The fourth-order valence-corrected chi connectivity index (χ4v) is 3.95. The second-order valence-electron chi connectivity index (χ2n) is 7.25. The Morgan fingerprint density at radius 3 is 2.16 bits per heavy atom. The van der Waals surface area contributed by atoms with Gasteiger partial charge in [-0.2, -0.15) is 0 Å². The summed E-state index contributed by atoms with van der Waals surface area (Å²) in [5, 5.41) is 8.82. The zero-order valence-corrected chi connectivity index (χ0v) is 18.5. The van der Waals surface area contributed by atoms with E-state index >= 15 is 0 Å². The highest BCUT2D eigenvalue weighted by Crippen LogP contribution is 2.34. The normalized spacial score (nSPS) is 10.7. The van der Waals surface area contributed by atoms with Crippen LogP contribution in [0.15, 0.2) is 89.4 Å². The maximum Gasteiger partial charge on any atom is 0.274 e. The first-order valence-electron chi connectivity index (χ1n) is 9.86. The van der Waals surface area contributed by atoms with Crippen molar-refractivity contribution < 1.29 is 14.8 Å². The average Bonchev–Trinajstić information content (AvgIpc) is 3.19. The number of hydroxylamine groups is 1. The van der Waals surface area contributed by atoms with Gasteiger partial charge in [0.2, 0.25) is 0 Å². The zero-order chi connectivity index (χ0) is 22.7. The van der Waals surface area contributed by atoms with E-state index in [-0.39, 0.29) is 0 Å². The number of carbonyl (C=O) groups excluding carboxylic acids is 2. The predicted octanol–water partition coefficient (Wildman–Crippen LogP) is 4.85. The highest BCUT2D eigenvalue weighted by molar-refractivity contribution is 9.10. The molecule has 0 saturated carbocycles. The Morgan fingerprint density at radius 2 is 1.56 bits per heavy atom. The standard InChI is InChI=1S/C25H20BrN3O3/c26-20-12-10-17(11-13-20)21-14-22(18-4-2-1-3-5-18)29(23(21)24(27)30)15-16-6-8-19(9-7-16)25(31)28-32/h1-14,32H,15H2,(H2,27,30)(H,28,31). The van der Waals surface area contributed by atoms with E-state index in [0.717, 1.165) is 32.4 Å². The molecule has 0 bridgehead atoms. The van der Waals surface area contributed by atoms with Crippen LogP contribution in [0.3, 0.4) is 0 Å². The van der Waals surface area contributed by atoms with E-state index in [1.807, 2.05) is 65.2 Å². The molecule has 7 heteroatoms. The number of nitrogens with zero attached hydrogens (tertiary/aromatic N) is 1. The summed E-state index contributed by atoms with van der Waals surface area (Å²) in [5.74, 6) is -1.11. The van der Waals surface area contributed by atoms with Crippen LogP contribution in [-0.4, -0.2) is 21.6 Å². The average molecular weight is 490 g/mol. The van der Waals surface area contributed by atoms with Crippen LogP contribution >= 0.6 is 15.9 Å². The monoisotopic (exact) mass is 489 g/mol. The largest absolute Gasteiger partial charge is 0.364 e. The minimum absolute atomic E-state index is 0.331. The van der Waals surface area contributed by atoms with Gasteiger partial charge in [-0.05, 0) is 47.0 Å². The fraction of sp³-hybridized carbons (Fsp3) is 0.0400. The quantitative estimate of drug-likeness (QED) is 0.266. The van der Waals surface area contributed by atoms with E-state index < -0.39 is 11.8 Å². The van der Waals surface area contributed by atoms with Gasteiger partial charge in [0.05, 0.1) is 0 Å². The number of rotatable bonds is 6. The third-order valence-corrected chi connectivity index (χ3v) is 5.74. The van der Waals surface area contributed by atoms with Crippen LogP contribution in [0.25, 0.3) is 22.4 Å². The van der Waals surface area contributed by atoms with Crippen molar-refractivity contribution in [1.29, 1.82) is 0 Å². The molecule has 0 spiro atoms. The van der Waals surface area contributed by atoms with Crippen LogP contribution in [0.2, 0.25) is 0 Å². The molecule has 2 amide bonds. The van der Waals surface area contributed by atoms with Crippen LogP contribution < -0.4 is 11.2 Å². The molecule has 1 aromatic heterocycles. The molecule has 0 atom stereocenters. The molecule has 4 N–H and O–H groups in total. The van der Waals surface area contributed by atoms with E-state index in [1.165, 1.54) is 0 Å². The van der Waals surface area contributed by atoms with Crippen molar-refractivity contribution in [3.8, 4) is 22.4 Å². The molecule has 1 heterocycles. The number of aromatic nitrogens is 1. The Bertz CT molecular complexity index is 1260. The molecule has 0 aliphatic rings. The molecule has 0 aliphatic heterocycles. The number of amides is 2. The molecule has 0 saturated heterocycles. The van der Waals surface area contributed by atoms with Crippen molar-refractivity contribution in [2.75, 3.05) is 0 Å². The molecule has 4 aromatic rings. The minimum atomic E-state index is -0.585. The first-order chi connectivity index (χ1) is 15.5. The van der Waals surface area contributed by atoms with Gasteiger partial charge in [0.15, 0.2) is 0 Å². The van der Waals surface area contributed by atoms with Gasteiger partial charge in [0.25, 0.3) is 11.8 Å². The van der Waals surface area contributed by atoms with E-state index in [1.54, 1.807) is 29.7 Å². The van der Waals surface area contributed by atoms with Crippen molar-refractivity contribution in [2.45, 2.75) is 6.54 Å². The molecule has 0 unspecified atom stereocenters. The Kier molecular flexibility index (Phi) is 6.20. The molecule has 160 valence electrons. The van der Waals surface area contributed by atoms with Crippen molar-refractivity contribution in [1.82, 2.24) is 10.0 Å². The van der Waals surface area contributed by atoms with E-state index in [9.17, 15) is 9.59 Å². The molecule has 0 aliphatic carbocycles. The van der Waals surface area contributed by atoms with E-state index in [0.29, 0.717) is 17.8 Å². The van der Waals surface area contributed by atoms with Crippen molar-refractivity contribution in [3.63, 3.8) is 0 Å². The highest BCUT2D eigenvalue weighted by Gasteiger charge is 2.21. The Balaban J connectivity index is 1.86. The number of hydrogen-bond acceptors (Lipinski definition) is 3. The van der Waals surface area contributed by atoms with Gasteiger partial charge in [-0.25, -0.2) is 5.48 Å². The van der Waals surface area contributed by atoms with Crippen LogP contribution in [0.5, 0.6) is 0 Å². The van der Waals surface area contributed by atoms with Crippen molar-refractivity contribution in [3.05, 3.63) is 106 Å². The van der Waals surface area contributed by atoms with Crippen LogP contribution in [0, 0.1) is 0 Å². The number of primary amides is 1. The van der Waals surface area contributed by atoms with E-state index in [2.05, 4.69) is 15.9 Å².